The Bertz CT molecular complexity index is 256. The van der Waals surface area contributed by atoms with E-state index in [1.807, 2.05) is 0 Å². The standard InChI is InChI=1S/C13H25N3O.2ClH/c1-2-16(11-6-7-11)10-9-15-13(17)12-5-3-4-8-14-12;;/h11-12,14H,2-10H2,1H3,(H,15,17);2*1H/t12-;;/m1../s1. The summed E-state index contributed by atoms with van der Waals surface area (Å²) >= 11 is 0. The van der Waals surface area contributed by atoms with Gasteiger partial charge in [-0.25, -0.2) is 0 Å². The van der Waals surface area contributed by atoms with Gasteiger partial charge in [0.15, 0.2) is 0 Å². The predicted octanol–water partition coefficient (Wildman–Crippen LogP) is 1.57. The maximum Gasteiger partial charge on any atom is 0.237 e. The van der Waals surface area contributed by atoms with Crippen LogP contribution in [0, 0.1) is 0 Å². The lowest BCUT2D eigenvalue weighted by atomic mass is 10.0. The van der Waals surface area contributed by atoms with Gasteiger partial charge in [-0.05, 0) is 38.8 Å². The molecule has 1 aliphatic heterocycles. The molecule has 0 spiro atoms. The zero-order valence-electron chi connectivity index (χ0n) is 11.7. The van der Waals surface area contributed by atoms with E-state index in [0.29, 0.717) is 0 Å². The Balaban J connectivity index is 0.00000162. The monoisotopic (exact) mass is 311 g/mol. The summed E-state index contributed by atoms with van der Waals surface area (Å²) in [4.78, 5) is 14.3. The number of hydrogen-bond donors (Lipinski definition) is 2. The van der Waals surface area contributed by atoms with Crippen LogP contribution in [0.25, 0.3) is 0 Å². The summed E-state index contributed by atoms with van der Waals surface area (Å²) < 4.78 is 0. The van der Waals surface area contributed by atoms with Crippen LogP contribution < -0.4 is 10.6 Å². The number of nitrogens with one attached hydrogen (secondary N) is 2. The van der Waals surface area contributed by atoms with Crippen molar-refractivity contribution in [1.29, 1.82) is 0 Å². The summed E-state index contributed by atoms with van der Waals surface area (Å²) in [5.74, 6) is 0.191. The van der Waals surface area contributed by atoms with E-state index in [2.05, 4.69) is 22.5 Å². The molecule has 4 nitrogen and oxygen atoms in total. The fraction of sp³-hybridized carbons (Fsp3) is 0.923. The van der Waals surface area contributed by atoms with E-state index >= 15 is 0 Å². The number of piperidine rings is 1. The van der Waals surface area contributed by atoms with Crippen molar-refractivity contribution in [2.75, 3.05) is 26.2 Å². The largest absolute Gasteiger partial charge is 0.353 e. The maximum atomic E-state index is 11.9. The number of hydrogen-bond acceptors (Lipinski definition) is 3. The minimum absolute atomic E-state index is 0. The summed E-state index contributed by atoms with van der Waals surface area (Å²) in [5, 5.41) is 6.34. The molecule has 1 amide bonds. The van der Waals surface area contributed by atoms with Gasteiger partial charge in [0.2, 0.25) is 5.91 Å². The topological polar surface area (TPSA) is 44.4 Å². The molecule has 1 saturated heterocycles. The Morgan fingerprint density at radius 3 is 2.53 bits per heavy atom. The van der Waals surface area contributed by atoms with Gasteiger partial charge in [-0.1, -0.05) is 13.3 Å². The Hall–Kier alpha value is -0.0300. The molecule has 0 unspecified atom stereocenters. The van der Waals surface area contributed by atoms with Crippen LogP contribution in [0.5, 0.6) is 0 Å². The normalized spacial score (nSPS) is 22.3. The number of carbonyl (C=O) groups is 1. The third-order valence-corrected chi connectivity index (χ3v) is 3.79. The van der Waals surface area contributed by atoms with Crippen molar-refractivity contribution in [3.8, 4) is 0 Å². The first kappa shape index (κ1) is 19.0. The highest BCUT2D eigenvalue weighted by atomic mass is 35.5. The second kappa shape index (κ2) is 9.81. The van der Waals surface area contributed by atoms with Gasteiger partial charge in [0.1, 0.15) is 0 Å². The number of nitrogens with zero attached hydrogens (tertiary/aromatic N) is 1. The number of carbonyl (C=O) groups excluding carboxylic acids is 1. The Kier molecular flexibility index (Phi) is 9.79. The fourth-order valence-electron chi connectivity index (χ4n) is 2.56. The molecule has 1 aliphatic carbocycles. The SMILES string of the molecule is CCN(CCNC(=O)[C@H]1CCCCN1)C1CC1.Cl.Cl. The Morgan fingerprint density at radius 2 is 2.00 bits per heavy atom. The molecule has 2 rings (SSSR count). The van der Waals surface area contributed by atoms with Crippen LogP contribution in [0.2, 0.25) is 0 Å². The second-order valence-electron chi connectivity index (χ2n) is 5.15. The lowest BCUT2D eigenvalue weighted by molar-refractivity contribution is -0.123. The van der Waals surface area contributed by atoms with Crippen LogP contribution >= 0.6 is 24.8 Å². The van der Waals surface area contributed by atoms with Gasteiger partial charge >= 0.3 is 0 Å². The number of likely N-dealkylation sites (N-methyl/N-ethyl adjacent to an activating group) is 1. The van der Waals surface area contributed by atoms with Gasteiger partial charge in [0.25, 0.3) is 0 Å². The number of rotatable bonds is 6. The molecule has 2 aliphatic rings. The summed E-state index contributed by atoms with van der Waals surface area (Å²) in [6.07, 6.45) is 6.05. The number of amides is 1. The van der Waals surface area contributed by atoms with Crippen molar-refractivity contribution in [2.45, 2.75) is 51.1 Å². The van der Waals surface area contributed by atoms with Crippen LogP contribution in [0.3, 0.4) is 0 Å². The molecule has 0 aromatic heterocycles. The summed E-state index contributed by atoms with van der Waals surface area (Å²) in [6.45, 7) is 6.08. The summed E-state index contributed by atoms with van der Waals surface area (Å²) in [7, 11) is 0. The highest BCUT2D eigenvalue weighted by Gasteiger charge is 2.27. The van der Waals surface area contributed by atoms with Gasteiger partial charge in [-0.15, -0.1) is 24.8 Å². The molecule has 2 fully saturated rings. The highest BCUT2D eigenvalue weighted by Crippen LogP contribution is 2.25. The highest BCUT2D eigenvalue weighted by molar-refractivity contribution is 5.85. The van der Waals surface area contributed by atoms with Crippen molar-refractivity contribution in [1.82, 2.24) is 15.5 Å². The molecule has 0 bridgehead atoms. The first-order valence-corrected chi connectivity index (χ1v) is 7.06. The maximum absolute atomic E-state index is 11.9. The van der Waals surface area contributed by atoms with Gasteiger partial charge in [0, 0.05) is 19.1 Å². The first-order valence-electron chi connectivity index (χ1n) is 7.06. The van der Waals surface area contributed by atoms with Crippen LogP contribution in [0.4, 0.5) is 0 Å². The van der Waals surface area contributed by atoms with Crippen LogP contribution in [-0.2, 0) is 4.79 Å². The van der Waals surface area contributed by atoms with E-state index in [1.54, 1.807) is 0 Å². The van der Waals surface area contributed by atoms with E-state index in [1.165, 1.54) is 25.7 Å². The van der Waals surface area contributed by atoms with E-state index in [-0.39, 0.29) is 36.8 Å². The van der Waals surface area contributed by atoms with Crippen LogP contribution in [0.15, 0.2) is 0 Å². The van der Waals surface area contributed by atoms with Gasteiger partial charge in [-0.2, -0.15) is 0 Å². The lowest BCUT2D eigenvalue weighted by Gasteiger charge is -2.24. The Morgan fingerprint density at radius 1 is 1.26 bits per heavy atom. The molecule has 1 saturated carbocycles. The fourth-order valence-corrected chi connectivity index (χ4v) is 2.56. The average Bonchev–Trinajstić information content (AvgIpc) is 3.20. The summed E-state index contributed by atoms with van der Waals surface area (Å²) in [6, 6.07) is 0.851. The van der Waals surface area contributed by atoms with Crippen LogP contribution in [0.1, 0.15) is 39.0 Å². The van der Waals surface area contributed by atoms with E-state index in [4.69, 9.17) is 0 Å². The smallest absolute Gasteiger partial charge is 0.237 e. The molecule has 0 radical (unpaired) electrons. The average molecular weight is 312 g/mol. The van der Waals surface area contributed by atoms with E-state index < -0.39 is 0 Å². The molecular weight excluding hydrogens is 285 g/mol. The summed E-state index contributed by atoms with van der Waals surface area (Å²) in [5.41, 5.74) is 0. The third kappa shape index (κ3) is 6.30. The molecule has 114 valence electrons. The van der Waals surface area contributed by atoms with E-state index in [0.717, 1.165) is 38.6 Å². The molecule has 0 aromatic rings. The van der Waals surface area contributed by atoms with Crippen molar-refractivity contribution >= 4 is 30.7 Å². The first-order chi connectivity index (χ1) is 8.31. The molecule has 19 heavy (non-hydrogen) atoms. The van der Waals surface area contributed by atoms with Crippen molar-refractivity contribution in [3.63, 3.8) is 0 Å². The van der Waals surface area contributed by atoms with Gasteiger partial charge < -0.3 is 10.6 Å². The molecular formula is C13H27Cl2N3O. The minimum Gasteiger partial charge on any atom is -0.353 e. The Labute approximate surface area is 128 Å². The third-order valence-electron chi connectivity index (χ3n) is 3.79. The van der Waals surface area contributed by atoms with Crippen molar-refractivity contribution in [2.24, 2.45) is 0 Å². The predicted molar refractivity (Wildman–Crippen MR) is 83.4 cm³/mol. The van der Waals surface area contributed by atoms with Crippen molar-refractivity contribution < 1.29 is 4.79 Å². The lowest BCUT2D eigenvalue weighted by Crippen LogP contribution is -2.48. The molecule has 1 heterocycles. The van der Waals surface area contributed by atoms with E-state index in [9.17, 15) is 4.79 Å². The molecule has 1 atom stereocenters. The zero-order chi connectivity index (χ0) is 12.1. The minimum atomic E-state index is 0. The van der Waals surface area contributed by atoms with Gasteiger partial charge in [0.05, 0.1) is 6.04 Å². The second-order valence-corrected chi connectivity index (χ2v) is 5.15. The quantitative estimate of drug-likeness (QED) is 0.782. The molecule has 6 heteroatoms. The van der Waals surface area contributed by atoms with Crippen molar-refractivity contribution in [3.05, 3.63) is 0 Å². The zero-order valence-corrected chi connectivity index (χ0v) is 13.3. The molecule has 0 aromatic carbocycles. The van der Waals surface area contributed by atoms with Gasteiger partial charge in [-0.3, -0.25) is 9.69 Å². The van der Waals surface area contributed by atoms with Crippen LogP contribution in [-0.4, -0.2) is 49.1 Å². The molecule has 2 N–H and O–H groups in total. The number of halogens is 2.